The Morgan fingerprint density at radius 2 is 2.14 bits per heavy atom. The van der Waals surface area contributed by atoms with Crippen LogP contribution in [-0.4, -0.2) is 44.8 Å². The molecule has 84 valence electrons. The lowest BCUT2D eigenvalue weighted by molar-refractivity contribution is 0.0997. The normalized spacial score (nSPS) is 10.4. The molecule has 0 aromatic rings. The first-order valence-corrected chi connectivity index (χ1v) is 5.10. The largest absolute Gasteiger partial charge is 0.449 e. The van der Waals surface area contributed by atoms with Crippen molar-refractivity contribution in [3.63, 3.8) is 0 Å². The van der Waals surface area contributed by atoms with Crippen LogP contribution in [0.25, 0.3) is 0 Å². The highest BCUT2D eigenvalue weighted by Gasteiger charge is 2.09. The standard InChI is InChI=1S/C10H22N2O2/c1-9(2)8-14-10(13)12(4)7-5-6-11-3/h9,11H,5-8H2,1-4H3. The quantitative estimate of drug-likeness (QED) is 0.660. The van der Waals surface area contributed by atoms with Crippen molar-refractivity contribution in [3.05, 3.63) is 0 Å². The first kappa shape index (κ1) is 13.2. The van der Waals surface area contributed by atoms with Gasteiger partial charge in [-0.2, -0.15) is 0 Å². The predicted octanol–water partition coefficient (Wildman–Crippen LogP) is 1.32. The first-order valence-electron chi connectivity index (χ1n) is 5.10. The van der Waals surface area contributed by atoms with Crippen LogP contribution in [0.3, 0.4) is 0 Å². The van der Waals surface area contributed by atoms with E-state index in [1.807, 2.05) is 20.9 Å². The number of hydrogen-bond acceptors (Lipinski definition) is 3. The Hall–Kier alpha value is -0.770. The number of carbonyl (C=O) groups excluding carboxylic acids is 1. The third-order valence-electron chi connectivity index (χ3n) is 1.77. The van der Waals surface area contributed by atoms with Gasteiger partial charge in [-0.15, -0.1) is 0 Å². The topological polar surface area (TPSA) is 41.6 Å². The summed E-state index contributed by atoms with van der Waals surface area (Å²) >= 11 is 0. The van der Waals surface area contributed by atoms with Gasteiger partial charge in [0, 0.05) is 13.6 Å². The van der Waals surface area contributed by atoms with Crippen molar-refractivity contribution in [1.29, 1.82) is 0 Å². The number of amides is 1. The van der Waals surface area contributed by atoms with Crippen LogP contribution in [0.2, 0.25) is 0 Å². The van der Waals surface area contributed by atoms with Crippen LogP contribution in [0.5, 0.6) is 0 Å². The molecule has 0 rings (SSSR count). The molecular weight excluding hydrogens is 180 g/mol. The molecule has 0 saturated heterocycles. The highest BCUT2D eigenvalue weighted by atomic mass is 16.6. The molecule has 4 heteroatoms. The smallest absolute Gasteiger partial charge is 0.409 e. The van der Waals surface area contributed by atoms with E-state index in [-0.39, 0.29) is 6.09 Å². The van der Waals surface area contributed by atoms with E-state index in [1.54, 1.807) is 11.9 Å². The molecular formula is C10H22N2O2. The fourth-order valence-corrected chi connectivity index (χ4v) is 0.932. The monoisotopic (exact) mass is 202 g/mol. The van der Waals surface area contributed by atoms with Crippen molar-refractivity contribution >= 4 is 6.09 Å². The van der Waals surface area contributed by atoms with Crippen molar-refractivity contribution in [2.45, 2.75) is 20.3 Å². The Labute approximate surface area is 86.6 Å². The molecule has 1 N–H and O–H groups in total. The maximum Gasteiger partial charge on any atom is 0.409 e. The van der Waals surface area contributed by atoms with E-state index in [9.17, 15) is 4.79 Å². The molecule has 0 atom stereocenters. The van der Waals surface area contributed by atoms with Crippen molar-refractivity contribution in [1.82, 2.24) is 10.2 Å². The number of nitrogens with one attached hydrogen (secondary N) is 1. The van der Waals surface area contributed by atoms with Gasteiger partial charge < -0.3 is 15.0 Å². The van der Waals surface area contributed by atoms with E-state index in [0.29, 0.717) is 12.5 Å². The number of nitrogens with zero attached hydrogens (tertiary/aromatic N) is 1. The van der Waals surface area contributed by atoms with Crippen LogP contribution in [0.1, 0.15) is 20.3 Å². The summed E-state index contributed by atoms with van der Waals surface area (Å²) in [5, 5.41) is 3.03. The van der Waals surface area contributed by atoms with Crippen LogP contribution in [-0.2, 0) is 4.74 Å². The van der Waals surface area contributed by atoms with Gasteiger partial charge in [-0.25, -0.2) is 4.79 Å². The molecule has 0 aromatic heterocycles. The third kappa shape index (κ3) is 6.71. The van der Waals surface area contributed by atoms with Gasteiger partial charge in [-0.1, -0.05) is 13.8 Å². The molecule has 0 saturated carbocycles. The molecule has 0 aliphatic carbocycles. The van der Waals surface area contributed by atoms with Gasteiger partial charge in [-0.3, -0.25) is 0 Å². The summed E-state index contributed by atoms with van der Waals surface area (Å²) in [6.45, 7) is 6.19. The first-order chi connectivity index (χ1) is 6.57. The summed E-state index contributed by atoms with van der Waals surface area (Å²) in [5.41, 5.74) is 0. The number of hydrogen-bond donors (Lipinski definition) is 1. The maximum absolute atomic E-state index is 11.3. The van der Waals surface area contributed by atoms with Crippen LogP contribution in [0, 0.1) is 5.92 Å². The second kappa shape index (κ2) is 7.62. The van der Waals surface area contributed by atoms with E-state index < -0.39 is 0 Å². The van der Waals surface area contributed by atoms with E-state index in [4.69, 9.17) is 4.74 Å². The van der Waals surface area contributed by atoms with Gasteiger partial charge in [0.15, 0.2) is 0 Å². The summed E-state index contributed by atoms with van der Waals surface area (Å²) in [6, 6.07) is 0. The van der Waals surface area contributed by atoms with Crippen LogP contribution in [0.4, 0.5) is 4.79 Å². The third-order valence-corrected chi connectivity index (χ3v) is 1.77. The van der Waals surface area contributed by atoms with Gasteiger partial charge in [0.1, 0.15) is 0 Å². The molecule has 0 aliphatic rings. The van der Waals surface area contributed by atoms with Gasteiger partial charge in [0.05, 0.1) is 6.61 Å². The molecule has 14 heavy (non-hydrogen) atoms. The van der Waals surface area contributed by atoms with Gasteiger partial charge in [0.2, 0.25) is 0 Å². The SMILES string of the molecule is CNCCCN(C)C(=O)OCC(C)C. The van der Waals surface area contributed by atoms with Crippen molar-refractivity contribution in [2.24, 2.45) is 5.92 Å². The van der Waals surface area contributed by atoms with Crippen molar-refractivity contribution < 1.29 is 9.53 Å². The summed E-state index contributed by atoms with van der Waals surface area (Å²) in [6.07, 6.45) is 0.721. The molecule has 4 nitrogen and oxygen atoms in total. The van der Waals surface area contributed by atoms with Crippen LogP contribution < -0.4 is 5.32 Å². The fraction of sp³-hybridized carbons (Fsp3) is 0.900. The molecule has 0 heterocycles. The van der Waals surface area contributed by atoms with Gasteiger partial charge in [-0.05, 0) is 25.9 Å². The molecule has 0 unspecified atom stereocenters. The molecule has 0 aromatic carbocycles. The summed E-state index contributed by atoms with van der Waals surface area (Å²) < 4.78 is 5.06. The fourth-order valence-electron chi connectivity index (χ4n) is 0.932. The van der Waals surface area contributed by atoms with Crippen LogP contribution >= 0.6 is 0 Å². The molecule has 0 bridgehead atoms. The van der Waals surface area contributed by atoms with Crippen molar-refractivity contribution in [2.75, 3.05) is 33.8 Å². The lowest BCUT2D eigenvalue weighted by atomic mass is 10.2. The Morgan fingerprint density at radius 3 is 2.64 bits per heavy atom. The van der Waals surface area contributed by atoms with Gasteiger partial charge >= 0.3 is 6.09 Å². The zero-order valence-corrected chi connectivity index (χ0v) is 9.67. The van der Waals surface area contributed by atoms with Crippen molar-refractivity contribution in [3.8, 4) is 0 Å². The predicted molar refractivity (Wildman–Crippen MR) is 57.4 cm³/mol. The number of rotatable bonds is 6. The minimum absolute atomic E-state index is 0.227. The second-order valence-corrected chi connectivity index (χ2v) is 3.85. The van der Waals surface area contributed by atoms with Crippen LogP contribution in [0.15, 0.2) is 0 Å². The minimum Gasteiger partial charge on any atom is -0.449 e. The lowest BCUT2D eigenvalue weighted by Crippen LogP contribution is -2.30. The molecule has 1 amide bonds. The van der Waals surface area contributed by atoms with E-state index in [0.717, 1.165) is 19.5 Å². The van der Waals surface area contributed by atoms with E-state index in [2.05, 4.69) is 5.32 Å². The summed E-state index contributed by atoms with van der Waals surface area (Å²) in [5.74, 6) is 0.393. The number of ether oxygens (including phenoxy) is 1. The highest BCUT2D eigenvalue weighted by Crippen LogP contribution is 1.97. The second-order valence-electron chi connectivity index (χ2n) is 3.85. The summed E-state index contributed by atoms with van der Waals surface area (Å²) in [7, 11) is 3.66. The Bertz CT molecular complexity index is 160. The van der Waals surface area contributed by atoms with E-state index >= 15 is 0 Å². The molecule has 0 fully saturated rings. The lowest BCUT2D eigenvalue weighted by Gasteiger charge is -2.17. The average molecular weight is 202 g/mol. The molecule has 0 spiro atoms. The minimum atomic E-state index is -0.227. The molecule has 0 radical (unpaired) electrons. The number of carbonyl (C=O) groups is 1. The zero-order valence-electron chi connectivity index (χ0n) is 9.67. The van der Waals surface area contributed by atoms with E-state index in [1.165, 1.54) is 0 Å². The average Bonchev–Trinajstić information content (AvgIpc) is 2.14. The summed E-state index contributed by atoms with van der Waals surface area (Å²) in [4.78, 5) is 12.9. The molecule has 0 aliphatic heterocycles. The maximum atomic E-state index is 11.3. The Kier molecular flexibility index (Phi) is 7.20. The highest BCUT2D eigenvalue weighted by molar-refractivity contribution is 5.67. The zero-order chi connectivity index (χ0) is 11.0. The Morgan fingerprint density at radius 1 is 1.50 bits per heavy atom. The van der Waals surface area contributed by atoms with Gasteiger partial charge in [0.25, 0.3) is 0 Å². The Balaban J connectivity index is 3.54.